The van der Waals surface area contributed by atoms with Crippen molar-refractivity contribution >= 4 is 40.6 Å². The van der Waals surface area contributed by atoms with Gasteiger partial charge in [-0.25, -0.2) is 9.59 Å². The van der Waals surface area contributed by atoms with Gasteiger partial charge in [0.15, 0.2) is 0 Å². The average Bonchev–Trinajstić information content (AvgIpc) is 3.18. The summed E-state index contributed by atoms with van der Waals surface area (Å²) in [5.74, 6) is -2.96. The second kappa shape index (κ2) is 20.6. The van der Waals surface area contributed by atoms with Gasteiger partial charge in [0.1, 0.15) is 11.2 Å². The highest BCUT2D eigenvalue weighted by Gasteiger charge is 2.47. The standard InChI is InChI=1S/C24H35F3N4O3.C22H36N4O2/c1-23(2,3)34-21(32)19-7-6-18(30-14-12-29(5)13-15-30)16-20(19)31(22(33)24(25,26)27)17-8-10-28(4)11-9-17;1-22(2,3)28-21(27)19-7-6-18(26-14-12-25(5)13-15-26)16-20(19)23-17-8-10-24(4)11-9-17/h6-7,16-17H,8-15H2,1-5H3;6-7,16-17,23H,8-15H2,1-5H3. The topological polar surface area (TPSA) is 104 Å². The lowest BCUT2D eigenvalue weighted by molar-refractivity contribution is -0.171. The molecule has 6 rings (SSSR count). The van der Waals surface area contributed by atoms with Gasteiger partial charge in [-0.3, -0.25) is 4.79 Å². The fraction of sp³-hybridized carbons (Fsp3) is 0.674. The third-order valence-electron chi connectivity index (χ3n) is 11.8. The van der Waals surface area contributed by atoms with E-state index < -0.39 is 35.3 Å². The molecule has 2 aromatic rings. The minimum Gasteiger partial charge on any atom is -0.456 e. The van der Waals surface area contributed by atoms with E-state index >= 15 is 0 Å². The van der Waals surface area contributed by atoms with E-state index in [2.05, 4.69) is 56.0 Å². The van der Waals surface area contributed by atoms with Crippen molar-refractivity contribution in [2.24, 2.45) is 0 Å². The highest BCUT2D eigenvalue weighted by atomic mass is 19.4. The third-order valence-corrected chi connectivity index (χ3v) is 11.8. The molecule has 4 fully saturated rings. The summed E-state index contributed by atoms with van der Waals surface area (Å²) in [5.41, 5.74) is 1.98. The molecule has 1 N–H and O–H groups in total. The van der Waals surface area contributed by atoms with Gasteiger partial charge in [0.25, 0.3) is 0 Å². The first-order chi connectivity index (χ1) is 29.0. The first-order valence-corrected chi connectivity index (χ1v) is 22.1. The first-order valence-electron chi connectivity index (χ1n) is 22.1. The summed E-state index contributed by atoms with van der Waals surface area (Å²) < 4.78 is 52.5. The summed E-state index contributed by atoms with van der Waals surface area (Å²) >= 11 is 0. The van der Waals surface area contributed by atoms with E-state index in [9.17, 15) is 27.6 Å². The molecule has 0 bridgehead atoms. The van der Waals surface area contributed by atoms with Crippen molar-refractivity contribution in [1.82, 2.24) is 19.6 Å². The number of ether oxygens (including phenoxy) is 2. The lowest BCUT2D eigenvalue weighted by Crippen LogP contribution is -2.52. The van der Waals surface area contributed by atoms with Gasteiger partial charge in [-0.15, -0.1) is 0 Å². The molecule has 0 spiro atoms. The number of anilines is 4. The van der Waals surface area contributed by atoms with Crippen LogP contribution in [0.3, 0.4) is 0 Å². The number of halogens is 3. The minimum absolute atomic E-state index is 0.0377. The van der Waals surface area contributed by atoms with Crippen molar-refractivity contribution < 1.29 is 37.0 Å². The molecule has 0 aliphatic carbocycles. The van der Waals surface area contributed by atoms with E-state index in [-0.39, 0.29) is 17.2 Å². The van der Waals surface area contributed by atoms with Crippen molar-refractivity contribution in [2.45, 2.75) is 96.7 Å². The normalized spacial score (nSPS) is 19.7. The third kappa shape index (κ3) is 13.9. The summed E-state index contributed by atoms with van der Waals surface area (Å²) in [4.78, 5) is 52.8. The maximum Gasteiger partial charge on any atom is 0.471 e. The average molecular weight is 873 g/mol. The van der Waals surface area contributed by atoms with Gasteiger partial charge in [0.2, 0.25) is 0 Å². The van der Waals surface area contributed by atoms with Crippen LogP contribution in [0.5, 0.6) is 0 Å². The molecule has 16 heteroatoms. The second-order valence-corrected chi connectivity index (χ2v) is 19.4. The molecule has 4 aliphatic rings. The zero-order chi connectivity index (χ0) is 45.6. The summed E-state index contributed by atoms with van der Waals surface area (Å²) in [6, 6.07) is 10.6. The van der Waals surface area contributed by atoms with E-state index in [1.54, 1.807) is 32.9 Å². The van der Waals surface area contributed by atoms with Crippen molar-refractivity contribution in [3.8, 4) is 0 Å². The van der Waals surface area contributed by atoms with Gasteiger partial charge in [0.05, 0.1) is 22.5 Å². The fourth-order valence-electron chi connectivity index (χ4n) is 8.14. The van der Waals surface area contributed by atoms with E-state index in [4.69, 9.17) is 9.47 Å². The van der Waals surface area contributed by atoms with Crippen LogP contribution in [0.1, 0.15) is 87.9 Å². The van der Waals surface area contributed by atoms with Crippen LogP contribution in [0.4, 0.5) is 35.9 Å². The summed E-state index contributed by atoms with van der Waals surface area (Å²) in [5, 5.41) is 3.66. The van der Waals surface area contributed by atoms with Crippen LogP contribution in [-0.2, 0) is 14.3 Å². The number of amides is 1. The van der Waals surface area contributed by atoms with Crippen molar-refractivity contribution in [2.75, 3.05) is 127 Å². The van der Waals surface area contributed by atoms with Crippen molar-refractivity contribution in [3.05, 3.63) is 47.5 Å². The number of benzene rings is 2. The number of alkyl halides is 3. The number of carbonyl (C=O) groups is 3. The predicted octanol–water partition coefficient (Wildman–Crippen LogP) is 6.28. The molecule has 0 unspecified atom stereocenters. The summed E-state index contributed by atoms with van der Waals surface area (Å²) in [6.07, 6.45) is -2.14. The maximum absolute atomic E-state index is 13.8. The van der Waals surface area contributed by atoms with Gasteiger partial charge >= 0.3 is 24.0 Å². The maximum atomic E-state index is 13.8. The molecule has 0 atom stereocenters. The number of nitrogens with zero attached hydrogens (tertiary/aromatic N) is 7. The van der Waals surface area contributed by atoms with Crippen molar-refractivity contribution in [3.63, 3.8) is 0 Å². The predicted molar refractivity (Wildman–Crippen MR) is 241 cm³/mol. The molecular weight excluding hydrogens is 802 g/mol. The van der Waals surface area contributed by atoms with E-state index in [0.717, 1.165) is 75.8 Å². The molecular formula is C46H71F3N8O5. The Labute approximate surface area is 367 Å². The van der Waals surface area contributed by atoms with Crippen LogP contribution in [0.2, 0.25) is 0 Å². The molecule has 1 amide bonds. The first kappa shape index (κ1) is 48.9. The van der Waals surface area contributed by atoms with E-state index in [1.807, 2.05) is 45.8 Å². The van der Waals surface area contributed by atoms with Crippen LogP contribution in [0.15, 0.2) is 36.4 Å². The molecule has 0 saturated carbocycles. The fourth-order valence-corrected chi connectivity index (χ4v) is 8.14. The van der Waals surface area contributed by atoms with Crippen LogP contribution in [0.25, 0.3) is 0 Å². The number of piperidine rings is 2. The number of likely N-dealkylation sites (N-methyl/N-ethyl adjacent to an activating group) is 2. The number of hydrogen-bond donors (Lipinski definition) is 1. The van der Waals surface area contributed by atoms with E-state index in [0.29, 0.717) is 56.3 Å². The highest BCUT2D eigenvalue weighted by molar-refractivity contribution is 6.05. The molecule has 0 radical (unpaired) electrons. The van der Waals surface area contributed by atoms with Crippen LogP contribution >= 0.6 is 0 Å². The highest BCUT2D eigenvalue weighted by Crippen LogP contribution is 2.36. The summed E-state index contributed by atoms with van der Waals surface area (Å²) in [7, 11) is 8.23. The molecule has 346 valence electrons. The molecule has 4 heterocycles. The SMILES string of the molecule is CN1CCC(N(C(=O)C(F)(F)F)c2cc(N3CCN(C)CC3)ccc2C(=O)OC(C)(C)C)CC1.CN1CCC(Nc2cc(N3CCN(C)CC3)ccc2C(=O)OC(C)(C)C)CC1. The van der Waals surface area contributed by atoms with Gasteiger partial charge in [0, 0.05) is 75.8 Å². The van der Waals surface area contributed by atoms with Crippen LogP contribution in [0, 0.1) is 0 Å². The quantitative estimate of drug-likeness (QED) is 0.302. The molecule has 2 aromatic carbocycles. The molecule has 0 aromatic heterocycles. The number of likely N-dealkylation sites (tertiary alicyclic amines) is 2. The Kier molecular flexibility index (Phi) is 16.2. The minimum atomic E-state index is -5.07. The number of piperazine rings is 2. The number of hydrogen-bond acceptors (Lipinski definition) is 12. The Balaban J connectivity index is 0.000000238. The molecule has 62 heavy (non-hydrogen) atoms. The largest absolute Gasteiger partial charge is 0.471 e. The molecule has 4 saturated heterocycles. The van der Waals surface area contributed by atoms with Gasteiger partial charge in [-0.1, -0.05) is 0 Å². The Morgan fingerprint density at radius 1 is 0.581 bits per heavy atom. The van der Waals surface area contributed by atoms with Crippen LogP contribution < -0.4 is 20.0 Å². The monoisotopic (exact) mass is 873 g/mol. The number of nitrogens with one attached hydrogen (secondary N) is 1. The van der Waals surface area contributed by atoms with Crippen LogP contribution in [-0.4, -0.2) is 174 Å². The Morgan fingerprint density at radius 3 is 1.44 bits per heavy atom. The lowest BCUT2D eigenvalue weighted by Gasteiger charge is -2.39. The Morgan fingerprint density at radius 2 is 0.984 bits per heavy atom. The van der Waals surface area contributed by atoms with E-state index in [1.165, 1.54) is 11.8 Å². The van der Waals surface area contributed by atoms with Gasteiger partial charge in [-0.05, 0) is 158 Å². The zero-order valence-corrected chi connectivity index (χ0v) is 38.7. The van der Waals surface area contributed by atoms with Crippen molar-refractivity contribution in [1.29, 1.82) is 0 Å². The number of rotatable bonds is 8. The van der Waals surface area contributed by atoms with Gasteiger partial charge in [-0.2, -0.15) is 13.2 Å². The molecule has 13 nitrogen and oxygen atoms in total. The number of esters is 2. The summed E-state index contributed by atoms with van der Waals surface area (Å²) in [6.45, 7) is 21.3. The zero-order valence-electron chi connectivity index (χ0n) is 38.7. The number of carbonyl (C=O) groups excluding carboxylic acids is 3. The van der Waals surface area contributed by atoms with Gasteiger partial charge < -0.3 is 49.1 Å². The smallest absolute Gasteiger partial charge is 0.456 e. The molecule has 4 aliphatic heterocycles. The Hall–Kier alpha value is -4.12. The second-order valence-electron chi connectivity index (χ2n) is 19.4. The Bertz CT molecular complexity index is 1820. The lowest BCUT2D eigenvalue weighted by atomic mass is 10.00.